The molecule has 2 fully saturated rings. The molecule has 52 heavy (non-hydrogen) atoms. The van der Waals surface area contributed by atoms with Crippen molar-refractivity contribution in [2.45, 2.75) is 76.9 Å². The van der Waals surface area contributed by atoms with Crippen LogP contribution in [0.15, 0.2) is 84.9 Å². The van der Waals surface area contributed by atoms with Crippen molar-refractivity contribution in [3.8, 4) is 53.3 Å². The lowest BCUT2D eigenvalue weighted by atomic mass is 9.82. The van der Waals surface area contributed by atoms with Gasteiger partial charge in [0.1, 0.15) is 22.5 Å². The third-order valence-electron chi connectivity index (χ3n) is 10.5. The molecule has 6 aromatic rings. The molecule has 0 radical (unpaired) electrons. The number of aromatic nitrogens is 2. The number of nitrogens with zero attached hydrogens (tertiary/aromatic N) is 2. The molecule has 0 amide bonds. The SMILES string of the molecule is CC1CCC(C(F)(F)Oc2ccc(-c3ccc(-c4ccc(-c5ccc(-c6ccc(OC(F)(F)C7CCCCC7)cc6)s5)c5nsnc45)s3)cc2)CC1. The number of halogens is 4. The van der Waals surface area contributed by atoms with Crippen molar-refractivity contribution in [1.29, 1.82) is 0 Å². The maximum atomic E-state index is 14.9. The molecule has 270 valence electrons. The molecule has 0 N–H and O–H groups in total. The highest BCUT2D eigenvalue weighted by molar-refractivity contribution is 7.19. The van der Waals surface area contributed by atoms with Crippen molar-refractivity contribution in [2.24, 2.45) is 17.8 Å². The minimum Gasteiger partial charge on any atom is -0.432 e. The quantitative estimate of drug-likeness (QED) is 0.130. The van der Waals surface area contributed by atoms with Gasteiger partial charge in [0.25, 0.3) is 0 Å². The van der Waals surface area contributed by atoms with Gasteiger partial charge >= 0.3 is 12.2 Å². The molecule has 8 rings (SSSR count). The van der Waals surface area contributed by atoms with Crippen LogP contribution in [0.25, 0.3) is 52.8 Å². The summed E-state index contributed by atoms with van der Waals surface area (Å²) in [7, 11) is 0. The Morgan fingerprint density at radius 1 is 0.519 bits per heavy atom. The fourth-order valence-electron chi connectivity index (χ4n) is 7.43. The summed E-state index contributed by atoms with van der Waals surface area (Å²) in [5, 5.41) is 0. The van der Waals surface area contributed by atoms with Crippen molar-refractivity contribution < 1.29 is 27.0 Å². The van der Waals surface area contributed by atoms with E-state index < -0.39 is 24.1 Å². The van der Waals surface area contributed by atoms with E-state index in [4.69, 9.17) is 9.47 Å². The van der Waals surface area contributed by atoms with Crippen LogP contribution in [0.1, 0.15) is 64.7 Å². The Morgan fingerprint density at radius 3 is 1.40 bits per heavy atom. The molecule has 3 aromatic carbocycles. The Balaban J connectivity index is 0.960. The topological polar surface area (TPSA) is 44.2 Å². The summed E-state index contributed by atoms with van der Waals surface area (Å²) in [6, 6.07) is 26.1. The Hall–Kier alpha value is -3.80. The molecule has 0 unspecified atom stereocenters. The van der Waals surface area contributed by atoms with Crippen LogP contribution < -0.4 is 9.47 Å². The van der Waals surface area contributed by atoms with E-state index in [1.807, 2.05) is 36.4 Å². The van der Waals surface area contributed by atoms with Gasteiger partial charge in [-0.05, 0) is 116 Å². The first-order valence-corrected chi connectivity index (χ1v) is 20.3. The summed E-state index contributed by atoms with van der Waals surface area (Å²) >= 11 is 4.38. The van der Waals surface area contributed by atoms with E-state index in [-0.39, 0.29) is 11.5 Å². The van der Waals surface area contributed by atoms with E-state index in [0.717, 1.165) is 84.9 Å². The number of benzene rings is 3. The van der Waals surface area contributed by atoms with Gasteiger partial charge in [-0.25, -0.2) is 0 Å². The summed E-state index contributed by atoms with van der Waals surface area (Å²) in [5.74, 6) is -0.638. The van der Waals surface area contributed by atoms with Crippen LogP contribution in [0.4, 0.5) is 17.6 Å². The Kier molecular flexibility index (Phi) is 9.86. The van der Waals surface area contributed by atoms with E-state index >= 15 is 0 Å². The first-order valence-electron chi connectivity index (χ1n) is 17.9. The largest absolute Gasteiger partial charge is 0.432 e. The summed E-state index contributed by atoms with van der Waals surface area (Å²) < 4.78 is 79.1. The van der Waals surface area contributed by atoms with Gasteiger partial charge in [-0.15, -0.1) is 22.7 Å². The Labute approximate surface area is 312 Å². The van der Waals surface area contributed by atoms with Crippen LogP contribution in [0.3, 0.4) is 0 Å². The van der Waals surface area contributed by atoms with Crippen molar-refractivity contribution in [1.82, 2.24) is 8.75 Å². The molecule has 3 aromatic heterocycles. The molecule has 2 aliphatic rings. The number of thiophene rings is 2. The number of hydrogen-bond donors (Lipinski definition) is 0. The minimum atomic E-state index is -3.18. The fraction of sp³-hybridized carbons (Fsp3) is 0.366. The number of fused-ring (bicyclic) bond motifs is 1. The predicted octanol–water partition coefficient (Wildman–Crippen LogP) is 13.8. The van der Waals surface area contributed by atoms with Crippen molar-refractivity contribution in [3.63, 3.8) is 0 Å². The van der Waals surface area contributed by atoms with Gasteiger partial charge < -0.3 is 9.47 Å². The van der Waals surface area contributed by atoms with Gasteiger partial charge in [-0.1, -0.05) is 51.2 Å². The van der Waals surface area contributed by atoms with Crippen LogP contribution >= 0.6 is 34.4 Å². The van der Waals surface area contributed by atoms with Gasteiger partial charge in [-0.2, -0.15) is 26.3 Å². The first kappa shape index (κ1) is 35.2. The van der Waals surface area contributed by atoms with Crippen molar-refractivity contribution in [2.75, 3.05) is 0 Å². The molecule has 0 atom stereocenters. The highest BCUT2D eigenvalue weighted by atomic mass is 32.1. The smallest absolute Gasteiger partial charge is 0.400 e. The highest BCUT2D eigenvalue weighted by Crippen LogP contribution is 2.44. The predicted molar refractivity (Wildman–Crippen MR) is 204 cm³/mol. The summed E-state index contributed by atoms with van der Waals surface area (Å²) in [6.07, 6.45) is -0.103. The Bertz CT molecular complexity index is 2130. The van der Waals surface area contributed by atoms with E-state index in [9.17, 15) is 17.6 Å². The average molecular weight is 763 g/mol. The number of ether oxygens (including phenoxy) is 2. The first-order chi connectivity index (χ1) is 25.1. The zero-order valence-corrected chi connectivity index (χ0v) is 31.1. The summed E-state index contributed by atoms with van der Waals surface area (Å²) in [4.78, 5) is 4.07. The molecule has 4 nitrogen and oxygen atoms in total. The van der Waals surface area contributed by atoms with Gasteiger partial charge in [0, 0.05) is 30.6 Å². The zero-order chi connectivity index (χ0) is 35.9. The second-order valence-corrected chi connectivity index (χ2v) is 16.8. The second-order valence-electron chi connectivity index (χ2n) is 14.1. The van der Waals surface area contributed by atoms with E-state index in [0.29, 0.717) is 31.6 Å². The molecule has 11 heteroatoms. The monoisotopic (exact) mass is 762 g/mol. The lowest BCUT2D eigenvalue weighted by Crippen LogP contribution is -2.36. The van der Waals surface area contributed by atoms with Crippen LogP contribution in [0.2, 0.25) is 0 Å². The molecule has 0 bridgehead atoms. The van der Waals surface area contributed by atoms with Crippen LogP contribution in [-0.4, -0.2) is 21.0 Å². The molecule has 2 saturated carbocycles. The average Bonchev–Trinajstić information content (AvgIpc) is 3.95. The lowest BCUT2D eigenvalue weighted by molar-refractivity contribution is -0.223. The number of rotatable bonds is 10. The highest BCUT2D eigenvalue weighted by Gasteiger charge is 2.44. The third kappa shape index (κ3) is 7.37. The van der Waals surface area contributed by atoms with Crippen molar-refractivity contribution in [3.05, 3.63) is 84.9 Å². The van der Waals surface area contributed by atoms with E-state index in [1.165, 1.54) is 11.7 Å². The maximum Gasteiger partial charge on any atom is 0.400 e. The maximum absolute atomic E-state index is 14.9. The number of alkyl halides is 4. The molecular weight excluding hydrogens is 725 g/mol. The molecule has 0 aliphatic heterocycles. The van der Waals surface area contributed by atoms with Crippen molar-refractivity contribution >= 4 is 45.4 Å². The molecule has 3 heterocycles. The standard InChI is InChI=1S/C41H38F4N2O2S3/c1-25-7-13-29(14-8-25)41(44,45)49-31-17-11-27(12-18-31)35-22-24-37(51-35)33-20-19-32(38-39(33)47-52-46-38)36-23-21-34(50-36)26-9-15-30(16-10-26)48-40(42,43)28-5-3-2-4-6-28/h9-12,15-25,28-29H,2-8,13-14H2,1H3. The lowest BCUT2D eigenvalue weighted by Gasteiger charge is -2.32. The molecule has 2 aliphatic carbocycles. The summed E-state index contributed by atoms with van der Waals surface area (Å²) in [5.41, 5.74) is 5.42. The third-order valence-corrected chi connectivity index (χ3v) is 13.4. The fourth-order valence-corrected chi connectivity index (χ4v) is 10.1. The second kappa shape index (κ2) is 14.6. The van der Waals surface area contributed by atoms with Crippen LogP contribution in [-0.2, 0) is 0 Å². The van der Waals surface area contributed by atoms with E-state index in [1.54, 1.807) is 46.9 Å². The zero-order valence-electron chi connectivity index (χ0n) is 28.6. The van der Waals surface area contributed by atoms with Gasteiger partial charge in [0.05, 0.1) is 23.6 Å². The minimum absolute atomic E-state index is 0.173. The van der Waals surface area contributed by atoms with E-state index in [2.05, 4.69) is 39.9 Å². The van der Waals surface area contributed by atoms with Crippen LogP contribution in [0, 0.1) is 17.8 Å². The van der Waals surface area contributed by atoms with Gasteiger partial charge in [-0.3, -0.25) is 0 Å². The summed E-state index contributed by atoms with van der Waals surface area (Å²) in [6.45, 7) is 2.11. The Morgan fingerprint density at radius 2 is 0.942 bits per heavy atom. The normalized spacial score (nSPS) is 18.9. The molecular formula is C41H38F4N2O2S3. The number of hydrogen-bond acceptors (Lipinski definition) is 7. The van der Waals surface area contributed by atoms with Gasteiger partial charge in [0.15, 0.2) is 0 Å². The molecule has 0 saturated heterocycles. The molecule has 0 spiro atoms. The van der Waals surface area contributed by atoms with Gasteiger partial charge in [0.2, 0.25) is 0 Å². The van der Waals surface area contributed by atoms with Crippen LogP contribution in [0.5, 0.6) is 11.5 Å².